The molecule has 2 aromatic carbocycles. The number of nitrogens with zero attached hydrogens (tertiary/aromatic N) is 2. The number of halogens is 2. The molecule has 2 atom stereocenters. The van der Waals surface area contributed by atoms with Gasteiger partial charge >= 0.3 is 0 Å². The third-order valence-electron chi connectivity index (χ3n) is 4.21. The maximum absolute atomic E-state index is 12.9. The van der Waals surface area contributed by atoms with Crippen molar-refractivity contribution in [2.75, 3.05) is 0 Å². The fraction of sp³-hybridized carbons (Fsp3) is 0.176. The van der Waals surface area contributed by atoms with Gasteiger partial charge in [-0.3, -0.25) is 0 Å². The van der Waals surface area contributed by atoms with Crippen LogP contribution in [0.25, 0.3) is 0 Å². The molecule has 0 saturated heterocycles. The van der Waals surface area contributed by atoms with E-state index >= 15 is 0 Å². The Morgan fingerprint density at radius 1 is 0.875 bits per heavy atom. The maximum Gasteiger partial charge on any atom is 0.184 e. The molecule has 0 N–H and O–H groups in total. The van der Waals surface area contributed by atoms with Gasteiger partial charge in [0.25, 0.3) is 0 Å². The second-order valence-corrected chi connectivity index (χ2v) is 8.48. The average Bonchev–Trinajstić information content (AvgIpc) is 3.26. The first-order valence-electron chi connectivity index (χ1n) is 6.94. The van der Waals surface area contributed by atoms with Crippen LogP contribution >= 0.6 is 23.2 Å². The first-order valence-corrected chi connectivity index (χ1v) is 9.24. The SMILES string of the molecule is N#CC1(C#N)[C@H](c2ccc(Cl)cc2)[C@H]1S(=O)(=O)c1ccc(Cl)cc1. The Morgan fingerprint density at radius 2 is 1.33 bits per heavy atom. The molecule has 0 radical (unpaired) electrons. The fourth-order valence-corrected chi connectivity index (χ4v) is 5.40. The summed E-state index contributed by atoms with van der Waals surface area (Å²) in [5, 5.41) is 18.7. The predicted octanol–water partition coefficient (Wildman–Crippen LogP) is 3.97. The lowest BCUT2D eigenvalue weighted by atomic mass is 10.0. The Hall–Kier alpha value is -2.05. The van der Waals surface area contributed by atoms with E-state index in [4.69, 9.17) is 23.2 Å². The lowest BCUT2D eigenvalue weighted by molar-refractivity contribution is 0.591. The molecule has 7 heteroatoms. The van der Waals surface area contributed by atoms with Crippen LogP contribution in [-0.2, 0) is 9.84 Å². The van der Waals surface area contributed by atoms with E-state index < -0.39 is 26.4 Å². The summed E-state index contributed by atoms with van der Waals surface area (Å²) in [6.07, 6.45) is 0. The summed E-state index contributed by atoms with van der Waals surface area (Å²) in [7, 11) is -3.86. The number of rotatable bonds is 3. The van der Waals surface area contributed by atoms with Crippen LogP contribution in [-0.4, -0.2) is 13.7 Å². The molecule has 1 fully saturated rings. The zero-order chi connectivity index (χ0) is 17.5. The molecule has 0 bridgehead atoms. The zero-order valence-corrected chi connectivity index (χ0v) is 14.5. The highest BCUT2D eigenvalue weighted by molar-refractivity contribution is 7.92. The van der Waals surface area contributed by atoms with Crippen LogP contribution in [0, 0.1) is 28.1 Å². The molecule has 1 aliphatic rings. The summed E-state index contributed by atoms with van der Waals surface area (Å²) in [5.74, 6) is -0.717. The van der Waals surface area contributed by atoms with E-state index in [1.165, 1.54) is 24.3 Å². The highest BCUT2D eigenvalue weighted by Crippen LogP contribution is 2.63. The summed E-state index contributed by atoms with van der Waals surface area (Å²) >= 11 is 11.6. The molecule has 4 nitrogen and oxygen atoms in total. The van der Waals surface area contributed by atoms with Gasteiger partial charge in [-0.15, -0.1) is 0 Å². The Labute approximate surface area is 149 Å². The lowest BCUT2D eigenvalue weighted by Crippen LogP contribution is -2.14. The van der Waals surface area contributed by atoms with E-state index in [9.17, 15) is 18.9 Å². The Morgan fingerprint density at radius 3 is 1.79 bits per heavy atom. The second kappa shape index (κ2) is 5.79. The van der Waals surface area contributed by atoms with Crippen LogP contribution in [0.15, 0.2) is 53.4 Å². The molecule has 0 aliphatic heterocycles. The Bertz CT molecular complexity index is 957. The van der Waals surface area contributed by atoms with Crippen LogP contribution in [0.5, 0.6) is 0 Å². The van der Waals surface area contributed by atoms with Gasteiger partial charge in [-0.1, -0.05) is 35.3 Å². The third-order valence-corrected chi connectivity index (χ3v) is 6.95. The summed E-state index contributed by atoms with van der Waals surface area (Å²) in [5.41, 5.74) is -1.00. The third kappa shape index (κ3) is 2.46. The van der Waals surface area contributed by atoms with Crippen molar-refractivity contribution in [1.29, 1.82) is 10.5 Å². The van der Waals surface area contributed by atoms with Gasteiger partial charge in [0.15, 0.2) is 15.3 Å². The fourth-order valence-electron chi connectivity index (χ4n) is 2.95. The number of sulfone groups is 1. The predicted molar refractivity (Wildman–Crippen MR) is 90.3 cm³/mol. The normalized spacial score (nSPS) is 21.5. The minimum absolute atomic E-state index is 0.0447. The van der Waals surface area contributed by atoms with Gasteiger partial charge < -0.3 is 0 Å². The van der Waals surface area contributed by atoms with Gasteiger partial charge in [0.2, 0.25) is 0 Å². The molecule has 3 rings (SSSR count). The van der Waals surface area contributed by atoms with Crippen molar-refractivity contribution >= 4 is 33.0 Å². The summed E-state index contributed by atoms with van der Waals surface area (Å²) in [4.78, 5) is 0.0447. The van der Waals surface area contributed by atoms with Crippen LogP contribution in [0.1, 0.15) is 11.5 Å². The Balaban J connectivity index is 2.09. The van der Waals surface area contributed by atoms with Crippen molar-refractivity contribution in [3.05, 3.63) is 64.1 Å². The summed E-state index contributed by atoms with van der Waals surface area (Å²) in [6.45, 7) is 0. The number of nitriles is 2. The van der Waals surface area contributed by atoms with Gasteiger partial charge in [-0.05, 0) is 42.0 Å². The first kappa shape index (κ1) is 16.8. The number of hydrogen-bond acceptors (Lipinski definition) is 4. The number of hydrogen-bond donors (Lipinski definition) is 0. The van der Waals surface area contributed by atoms with E-state index in [1.807, 2.05) is 12.1 Å². The molecule has 1 aliphatic carbocycles. The smallest absolute Gasteiger partial charge is 0.184 e. The highest BCUT2D eigenvalue weighted by Gasteiger charge is 2.73. The Kier molecular flexibility index (Phi) is 4.05. The van der Waals surface area contributed by atoms with Gasteiger partial charge in [0, 0.05) is 16.0 Å². The topological polar surface area (TPSA) is 81.7 Å². The largest absolute Gasteiger partial charge is 0.223 e. The molecule has 120 valence electrons. The average molecular weight is 377 g/mol. The van der Waals surface area contributed by atoms with E-state index in [0.717, 1.165) is 0 Å². The van der Waals surface area contributed by atoms with Crippen molar-refractivity contribution < 1.29 is 8.42 Å². The lowest BCUT2D eigenvalue weighted by Gasteiger charge is -2.04. The first-order chi connectivity index (χ1) is 11.4. The molecule has 0 aromatic heterocycles. The van der Waals surface area contributed by atoms with Crippen molar-refractivity contribution in [2.45, 2.75) is 16.1 Å². The van der Waals surface area contributed by atoms with E-state index in [2.05, 4.69) is 0 Å². The van der Waals surface area contributed by atoms with Crippen molar-refractivity contribution in [3.63, 3.8) is 0 Å². The molecule has 0 amide bonds. The zero-order valence-electron chi connectivity index (χ0n) is 12.1. The van der Waals surface area contributed by atoms with Gasteiger partial charge in [0.05, 0.1) is 17.0 Å². The van der Waals surface area contributed by atoms with E-state index in [-0.39, 0.29) is 4.90 Å². The van der Waals surface area contributed by atoms with Gasteiger partial charge in [0.1, 0.15) is 5.25 Å². The van der Waals surface area contributed by atoms with Crippen LogP contribution in [0.3, 0.4) is 0 Å². The van der Waals surface area contributed by atoms with Crippen molar-refractivity contribution in [2.24, 2.45) is 5.41 Å². The highest BCUT2D eigenvalue weighted by atomic mass is 35.5. The van der Waals surface area contributed by atoms with Crippen molar-refractivity contribution in [1.82, 2.24) is 0 Å². The minimum Gasteiger partial charge on any atom is -0.223 e. The van der Waals surface area contributed by atoms with E-state index in [0.29, 0.717) is 15.6 Å². The molecule has 0 heterocycles. The van der Waals surface area contributed by atoms with Gasteiger partial charge in [-0.2, -0.15) is 10.5 Å². The molecule has 0 spiro atoms. The maximum atomic E-state index is 12.9. The monoisotopic (exact) mass is 376 g/mol. The molecule has 24 heavy (non-hydrogen) atoms. The summed E-state index contributed by atoms with van der Waals surface area (Å²) in [6, 6.07) is 16.0. The quantitative estimate of drug-likeness (QED) is 0.811. The standard InChI is InChI=1S/C17H10Cl2N2O2S/c18-12-3-1-11(2-4-12)15-16(17(15,9-20)10-21)24(22,23)14-7-5-13(19)6-8-14/h1-8,15-16H/t15-,16-/m1/s1. The summed E-state index contributed by atoms with van der Waals surface area (Å²) < 4.78 is 25.8. The van der Waals surface area contributed by atoms with E-state index in [1.54, 1.807) is 24.3 Å². The van der Waals surface area contributed by atoms with Crippen LogP contribution < -0.4 is 0 Å². The molecule has 1 saturated carbocycles. The van der Waals surface area contributed by atoms with Crippen molar-refractivity contribution in [3.8, 4) is 12.1 Å². The van der Waals surface area contributed by atoms with Crippen LogP contribution in [0.4, 0.5) is 0 Å². The second-order valence-electron chi connectivity index (χ2n) is 5.54. The van der Waals surface area contributed by atoms with Gasteiger partial charge in [-0.25, -0.2) is 8.42 Å². The molecular weight excluding hydrogens is 367 g/mol. The minimum atomic E-state index is -3.86. The van der Waals surface area contributed by atoms with Crippen LogP contribution in [0.2, 0.25) is 10.0 Å². The molecule has 0 unspecified atom stereocenters. The molecular formula is C17H10Cl2N2O2S. The molecule has 2 aromatic rings. The number of benzene rings is 2.